The van der Waals surface area contributed by atoms with E-state index in [4.69, 9.17) is 5.73 Å². The fraction of sp³-hybridized carbons (Fsp3) is 0.0769. The molecular weight excluding hydrogens is 257 g/mol. The average Bonchev–Trinajstić information content (AvgIpc) is 2.37. The van der Waals surface area contributed by atoms with Crippen LogP contribution in [0, 0.1) is 0 Å². The lowest BCUT2D eigenvalue weighted by Gasteiger charge is -2.09. The Morgan fingerprint density at radius 1 is 1.16 bits per heavy atom. The topological polar surface area (TPSA) is 56.0 Å². The maximum absolute atomic E-state index is 12.4. The van der Waals surface area contributed by atoms with Crippen LogP contribution in [-0.4, -0.2) is 11.3 Å². The van der Waals surface area contributed by atoms with Crippen molar-refractivity contribution in [1.82, 2.24) is 4.98 Å². The molecule has 1 aromatic carbocycles. The van der Waals surface area contributed by atoms with E-state index in [0.29, 0.717) is 17.4 Å². The molecule has 0 aliphatic rings. The Labute approximate surface area is 106 Å². The van der Waals surface area contributed by atoms with E-state index in [1.54, 1.807) is 0 Å². The average molecular weight is 266 g/mol. The summed E-state index contributed by atoms with van der Waals surface area (Å²) < 4.78 is 37.3. The van der Waals surface area contributed by atoms with Crippen molar-refractivity contribution in [3.8, 4) is 11.1 Å². The van der Waals surface area contributed by atoms with E-state index in [9.17, 15) is 18.0 Å². The molecule has 1 heterocycles. The number of hydrogen-bond donors (Lipinski definition) is 1. The Bertz CT molecular complexity index is 606. The fourth-order valence-electron chi connectivity index (χ4n) is 1.67. The van der Waals surface area contributed by atoms with Crippen LogP contribution >= 0.6 is 0 Å². The normalized spacial score (nSPS) is 11.3. The van der Waals surface area contributed by atoms with Crippen LogP contribution in [0.3, 0.4) is 0 Å². The van der Waals surface area contributed by atoms with Crippen LogP contribution in [0.15, 0.2) is 36.5 Å². The molecule has 1 aromatic heterocycles. The van der Waals surface area contributed by atoms with Gasteiger partial charge in [-0.25, -0.2) is 4.98 Å². The monoisotopic (exact) mass is 266 g/mol. The third kappa shape index (κ3) is 2.73. The summed E-state index contributed by atoms with van der Waals surface area (Å²) in [5, 5.41) is 0. The summed E-state index contributed by atoms with van der Waals surface area (Å²) in [7, 11) is 0. The Balaban J connectivity index is 2.46. The van der Waals surface area contributed by atoms with Crippen molar-refractivity contribution in [2.24, 2.45) is 0 Å². The summed E-state index contributed by atoms with van der Waals surface area (Å²) in [4.78, 5) is 14.7. The van der Waals surface area contributed by atoms with Gasteiger partial charge in [-0.3, -0.25) is 4.79 Å². The molecular formula is C13H9F3N2O. The van der Waals surface area contributed by atoms with Gasteiger partial charge in [0.15, 0.2) is 6.29 Å². The van der Waals surface area contributed by atoms with Gasteiger partial charge in [0.2, 0.25) is 0 Å². The second-order valence-corrected chi connectivity index (χ2v) is 3.89. The first-order chi connectivity index (χ1) is 8.91. The summed E-state index contributed by atoms with van der Waals surface area (Å²) in [5.41, 5.74) is 5.90. The number of aldehydes is 1. The highest BCUT2D eigenvalue weighted by molar-refractivity contribution is 5.88. The zero-order valence-electron chi connectivity index (χ0n) is 9.61. The molecule has 0 spiro atoms. The molecule has 0 amide bonds. The van der Waals surface area contributed by atoms with Crippen LogP contribution < -0.4 is 5.73 Å². The number of rotatable bonds is 2. The number of alkyl halides is 3. The molecule has 0 bridgehead atoms. The number of carbonyl (C=O) groups is 1. The number of anilines is 1. The smallest absolute Gasteiger partial charge is 0.384 e. The number of pyridine rings is 1. The molecule has 0 saturated heterocycles. The number of hydrogen-bond acceptors (Lipinski definition) is 3. The van der Waals surface area contributed by atoms with E-state index < -0.39 is 11.7 Å². The highest BCUT2D eigenvalue weighted by Crippen LogP contribution is 2.31. The van der Waals surface area contributed by atoms with Gasteiger partial charge in [-0.1, -0.05) is 12.1 Å². The minimum Gasteiger partial charge on any atom is -0.384 e. The van der Waals surface area contributed by atoms with Gasteiger partial charge in [0.25, 0.3) is 0 Å². The van der Waals surface area contributed by atoms with Gasteiger partial charge in [0.1, 0.15) is 5.82 Å². The fourth-order valence-corrected chi connectivity index (χ4v) is 1.67. The van der Waals surface area contributed by atoms with Gasteiger partial charge in [-0.15, -0.1) is 0 Å². The maximum atomic E-state index is 12.4. The van der Waals surface area contributed by atoms with Crippen molar-refractivity contribution >= 4 is 12.1 Å². The zero-order chi connectivity index (χ0) is 14.0. The van der Waals surface area contributed by atoms with Gasteiger partial charge in [0, 0.05) is 17.3 Å². The standard InChI is InChI=1S/C13H9F3N2O/c14-13(15,16)10-3-1-8(2-4-10)11-6-18-12(17)5-9(11)7-19/h1-7H,(H2,17,18). The summed E-state index contributed by atoms with van der Waals surface area (Å²) in [6.45, 7) is 0. The van der Waals surface area contributed by atoms with E-state index in [2.05, 4.69) is 4.98 Å². The number of nitrogens with zero attached hydrogens (tertiary/aromatic N) is 1. The SMILES string of the molecule is Nc1cc(C=O)c(-c2ccc(C(F)(F)F)cc2)cn1. The first-order valence-electron chi connectivity index (χ1n) is 5.30. The maximum Gasteiger partial charge on any atom is 0.416 e. The molecule has 0 aliphatic carbocycles. The third-order valence-electron chi connectivity index (χ3n) is 2.61. The molecule has 0 saturated carbocycles. The lowest BCUT2D eigenvalue weighted by atomic mass is 10.0. The molecule has 0 unspecified atom stereocenters. The predicted octanol–water partition coefficient (Wildman–Crippen LogP) is 3.16. The lowest BCUT2D eigenvalue weighted by molar-refractivity contribution is -0.137. The summed E-state index contributed by atoms with van der Waals surface area (Å²) in [5.74, 6) is 0.178. The highest BCUT2D eigenvalue weighted by Gasteiger charge is 2.30. The summed E-state index contributed by atoms with van der Waals surface area (Å²) in [6.07, 6.45) is -2.43. The molecule has 0 fully saturated rings. The summed E-state index contributed by atoms with van der Waals surface area (Å²) >= 11 is 0. The van der Waals surface area contributed by atoms with Gasteiger partial charge in [-0.05, 0) is 23.8 Å². The zero-order valence-corrected chi connectivity index (χ0v) is 9.61. The van der Waals surface area contributed by atoms with E-state index >= 15 is 0 Å². The van der Waals surface area contributed by atoms with Crippen molar-refractivity contribution in [2.75, 3.05) is 5.73 Å². The molecule has 2 N–H and O–H groups in total. The minimum absolute atomic E-state index is 0.178. The molecule has 0 radical (unpaired) electrons. The molecule has 2 aromatic rings. The number of benzene rings is 1. The number of nitrogens with two attached hydrogens (primary N) is 1. The Morgan fingerprint density at radius 3 is 2.32 bits per heavy atom. The van der Waals surface area contributed by atoms with Crippen LogP contribution in [0.5, 0.6) is 0 Å². The molecule has 3 nitrogen and oxygen atoms in total. The first-order valence-corrected chi connectivity index (χ1v) is 5.30. The molecule has 98 valence electrons. The Morgan fingerprint density at radius 2 is 1.79 bits per heavy atom. The van der Waals surface area contributed by atoms with Crippen LogP contribution in [0.1, 0.15) is 15.9 Å². The molecule has 0 aliphatic heterocycles. The van der Waals surface area contributed by atoms with Crippen LogP contribution in [-0.2, 0) is 6.18 Å². The van der Waals surface area contributed by atoms with E-state index in [1.807, 2.05) is 0 Å². The number of aromatic nitrogens is 1. The van der Waals surface area contributed by atoms with Crippen LogP contribution in [0.2, 0.25) is 0 Å². The van der Waals surface area contributed by atoms with Crippen LogP contribution in [0.4, 0.5) is 19.0 Å². The van der Waals surface area contributed by atoms with Crippen molar-refractivity contribution in [2.45, 2.75) is 6.18 Å². The third-order valence-corrected chi connectivity index (χ3v) is 2.61. The van der Waals surface area contributed by atoms with Gasteiger partial charge >= 0.3 is 6.18 Å². The molecule has 0 atom stereocenters. The Hall–Kier alpha value is -2.37. The molecule has 2 rings (SSSR count). The second kappa shape index (κ2) is 4.72. The van der Waals surface area contributed by atoms with E-state index in [1.165, 1.54) is 24.4 Å². The number of nitrogen functional groups attached to an aromatic ring is 1. The van der Waals surface area contributed by atoms with Gasteiger partial charge in [-0.2, -0.15) is 13.2 Å². The molecule has 19 heavy (non-hydrogen) atoms. The quantitative estimate of drug-likeness (QED) is 0.849. The first kappa shape index (κ1) is 13.1. The van der Waals surface area contributed by atoms with Crippen molar-refractivity contribution in [1.29, 1.82) is 0 Å². The minimum atomic E-state index is -4.38. The molecule has 6 heteroatoms. The summed E-state index contributed by atoms with van der Waals surface area (Å²) in [6, 6.07) is 5.88. The second-order valence-electron chi connectivity index (χ2n) is 3.89. The van der Waals surface area contributed by atoms with Crippen molar-refractivity contribution in [3.63, 3.8) is 0 Å². The van der Waals surface area contributed by atoms with Crippen molar-refractivity contribution in [3.05, 3.63) is 47.7 Å². The number of halogens is 3. The van der Waals surface area contributed by atoms with Crippen LogP contribution in [0.25, 0.3) is 11.1 Å². The van der Waals surface area contributed by atoms with E-state index in [0.717, 1.165) is 12.1 Å². The van der Waals surface area contributed by atoms with E-state index in [-0.39, 0.29) is 11.4 Å². The van der Waals surface area contributed by atoms with Gasteiger partial charge < -0.3 is 5.73 Å². The lowest BCUT2D eigenvalue weighted by Crippen LogP contribution is -2.04. The Kier molecular flexibility index (Phi) is 3.25. The largest absolute Gasteiger partial charge is 0.416 e. The number of carbonyl (C=O) groups excluding carboxylic acids is 1. The predicted molar refractivity (Wildman–Crippen MR) is 64.5 cm³/mol. The highest BCUT2D eigenvalue weighted by atomic mass is 19.4. The van der Waals surface area contributed by atoms with Gasteiger partial charge in [0.05, 0.1) is 5.56 Å². The van der Waals surface area contributed by atoms with Crippen molar-refractivity contribution < 1.29 is 18.0 Å².